The molecule has 2 fully saturated rings. The molecule has 3 aromatic rings. The lowest BCUT2D eigenvalue weighted by Gasteiger charge is -2.22. The molecule has 0 bridgehead atoms. The van der Waals surface area contributed by atoms with Gasteiger partial charge in [-0.1, -0.05) is 54.6 Å². The Bertz CT molecular complexity index is 1430. The van der Waals surface area contributed by atoms with Gasteiger partial charge in [-0.2, -0.15) is 0 Å². The van der Waals surface area contributed by atoms with Crippen LogP contribution in [0.1, 0.15) is 30.4 Å². The number of epoxide rings is 1. The minimum atomic E-state index is -0.559. The van der Waals surface area contributed by atoms with Crippen molar-refractivity contribution in [1.82, 2.24) is 24.9 Å². The molecule has 6 rings (SSSR count). The maximum absolute atomic E-state index is 13.1. The molecule has 2 N–H and O–H groups in total. The van der Waals surface area contributed by atoms with Gasteiger partial charge in [0.25, 0.3) is 0 Å². The van der Waals surface area contributed by atoms with Crippen molar-refractivity contribution in [2.45, 2.75) is 70.4 Å². The van der Waals surface area contributed by atoms with Crippen molar-refractivity contribution in [2.24, 2.45) is 5.92 Å². The van der Waals surface area contributed by atoms with E-state index < -0.39 is 12.1 Å². The quantitative estimate of drug-likeness (QED) is 0.364. The molecule has 4 unspecified atom stereocenters. The second-order valence-corrected chi connectivity index (χ2v) is 11.3. The maximum Gasteiger partial charge on any atom is 0.237 e. The number of hydrogen-bond donors (Lipinski definition) is 2. The zero-order chi connectivity index (χ0) is 28.5. The Labute approximate surface area is 239 Å². The molecule has 1 aliphatic carbocycles. The first kappa shape index (κ1) is 27.6. The smallest absolute Gasteiger partial charge is 0.237 e. The lowest BCUT2D eigenvalue weighted by atomic mass is 9.95. The lowest BCUT2D eigenvalue weighted by molar-refractivity contribution is -0.126. The highest BCUT2D eigenvalue weighted by molar-refractivity contribution is 5.82. The van der Waals surface area contributed by atoms with Gasteiger partial charge in [0.15, 0.2) is 0 Å². The Morgan fingerprint density at radius 1 is 1.27 bits per heavy atom. The van der Waals surface area contributed by atoms with E-state index in [1.165, 1.54) is 5.57 Å². The second-order valence-electron chi connectivity index (χ2n) is 11.3. The number of hydrogen-bond acceptors (Lipinski definition) is 8. The first-order valence-electron chi connectivity index (χ1n) is 14.2. The number of benzene rings is 1. The molecular formula is C31H37N5O5. The van der Waals surface area contributed by atoms with Crippen molar-refractivity contribution in [3.8, 4) is 11.3 Å². The molecule has 1 aromatic carbocycles. The van der Waals surface area contributed by atoms with Crippen molar-refractivity contribution in [2.75, 3.05) is 13.7 Å². The zero-order valence-electron chi connectivity index (χ0n) is 23.6. The summed E-state index contributed by atoms with van der Waals surface area (Å²) in [6.07, 6.45) is 10.5. The number of nitrogens with zero attached hydrogens (tertiary/aromatic N) is 4. The number of carbonyl (C=O) groups excluding carboxylic acids is 1. The standard InChI is InChI=1S/C31H37N5O5/c1-19-10-22(6-9-28(19)39-3)16-35-18-32-15-27(35)23-7-4-21(5-8-23)14-33-30(38)26-12-24(37)17-36(26)31-29(40-31)13-25-11-20(2)34-41-25/h4-11,15,18-19,24,26,28-29,31,37H,12-14,16-17H2,1-3H3,(H,33,38)/t19?,24-,26+,28?,29?,31?/m1/s1. The van der Waals surface area contributed by atoms with Crippen LogP contribution in [0.2, 0.25) is 0 Å². The Morgan fingerprint density at radius 2 is 2.10 bits per heavy atom. The molecule has 2 aromatic heterocycles. The summed E-state index contributed by atoms with van der Waals surface area (Å²) in [5, 5.41) is 17.3. The Morgan fingerprint density at radius 3 is 2.83 bits per heavy atom. The van der Waals surface area contributed by atoms with Crippen LogP contribution in [0.25, 0.3) is 11.3 Å². The number of aryl methyl sites for hydroxylation is 1. The second kappa shape index (κ2) is 11.7. The van der Waals surface area contributed by atoms with E-state index in [0.717, 1.165) is 34.8 Å². The summed E-state index contributed by atoms with van der Waals surface area (Å²) in [6.45, 7) is 5.59. The largest absolute Gasteiger partial charge is 0.392 e. The first-order valence-corrected chi connectivity index (χ1v) is 14.2. The summed E-state index contributed by atoms with van der Waals surface area (Å²) < 4.78 is 18.8. The van der Waals surface area contributed by atoms with Crippen LogP contribution in [0.3, 0.4) is 0 Å². The third kappa shape index (κ3) is 6.20. The molecule has 10 nitrogen and oxygen atoms in total. The van der Waals surface area contributed by atoms with Crippen molar-refractivity contribution < 1.29 is 23.9 Å². The number of amides is 1. The number of carbonyl (C=O) groups is 1. The SMILES string of the molecule is COC1C=CC(Cn2cncc2-c2ccc(CNC(=O)[C@@H]3C[C@@H](O)CN3C3OC3Cc3cc(C)no3)cc2)=CC1C. The molecule has 0 spiro atoms. The Balaban J connectivity index is 1.04. The number of likely N-dealkylation sites (tertiary alicyclic amines) is 1. The van der Waals surface area contributed by atoms with Crippen molar-refractivity contribution in [3.63, 3.8) is 0 Å². The summed E-state index contributed by atoms with van der Waals surface area (Å²) >= 11 is 0. The summed E-state index contributed by atoms with van der Waals surface area (Å²) in [6, 6.07) is 9.63. The van der Waals surface area contributed by atoms with Gasteiger partial charge in [-0.15, -0.1) is 0 Å². The fraction of sp³-hybridized carbons (Fsp3) is 0.452. The molecule has 0 saturated carbocycles. The van der Waals surface area contributed by atoms with Gasteiger partial charge in [0, 0.05) is 45.1 Å². The molecule has 216 valence electrons. The number of β-amino-alcohol motifs (C(OH)–C–C–N with tert-alkyl or cyclic N) is 1. The average molecular weight is 560 g/mol. The van der Waals surface area contributed by atoms with Gasteiger partial charge in [0.2, 0.25) is 5.91 Å². The minimum Gasteiger partial charge on any atom is -0.392 e. The molecule has 6 atom stereocenters. The third-order valence-corrected chi connectivity index (χ3v) is 8.13. The van der Waals surface area contributed by atoms with Gasteiger partial charge in [0.05, 0.1) is 42.2 Å². The minimum absolute atomic E-state index is 0.0694. The average Bonchev–Trinajstić information content (AvgIpc) is 3.25. The van der Waals surface area contributed by atoms with Gasteiger partial charge >= 0.3 is 0 Å². The maximum atomic E-state index is 13.1. The van der Waals surface area contributed by atoms with Crippen molar-refractivity contribution in [3.05, 3.63) is 83.7 Å². The number of aliphatic hydroxyl groups is 1. The molecular weight excluding hydrogens is 522 g/mol. The number of methoxy groups -OCH3 is 1. The molecule has 10 heteroatoms. The molecule has 1 amide bonds. The van der Waals surface area contributed by atoms with Crippen LogP contribution in [0.5, 0.6) is 0 Å². The predicted octanol–water partition coefficient (Wildman–Crippen LogP) is 3.01. The topological polar surface area (TPSA) is 118 Å². The molecule has 2 aliphatic heterocycles. The first-order chi connectivity index (χ1) is 19.9. The monoisotopic (exact) mass is 559 g/mol. The van der Waals surface area contributed by atoms with Gasteiger partial charge in [-0.05, 0) is 30.0 Å². The Hall–Kier alpha value is -3.57. The number of nitrogens with one attached hydrogen (secondary N) is 1. The van der Waals surface area contributed by atoms with Crippen LogP contribution in [0.4, 0.5) is 0 Å². The van der Waals surface area contributed by atoms with Crippen molar-refractivity contribution >= 4 is 5.91 Å². The van der Waals surface area contributed by atoms with E-state index >= 15 is 0 Å². The molecule has 4 heterocycles. The van der Waals surface area contributed by atoms with Crippen LogP contribution in [0.15, 0.2) is 71.2 Å². The number of ether oxygens (including phenoxy) is 2. The van der Waals surface area contributed by atoms with E-state index in [1.54, 1.807) is 7.11 Å². The third-order valence-electron chi connectivity index (χ3n) is 8.13. The van der Waals surface area contributed by atoms with Crippen LogP contribution in [-0.4, -0.2) is 74.9 Å². The van der Waals surface area contributed by atoms with Gasteiger partial charge in [0.1, 0.15) is 18.1 Å². The number of aliphatic hydroxyl groups excluding tert-OH is 1. The molecule has 2 saturated heterocycles. The number of imidazole rings is 1. The van der Waals surface area contributed by atoms with E-state index in [2.05, 4.69) is 57.3 Å². The fourth-order valence-electron chi connectivity index (χ4n) is 5.93. The van der Waals surface area contributed by atoms with Crippen LogP contribution < -0.4 is 5.32 Å². The molecule has 3 aliphatic rings. The van der Waals surface area contributed by atoms with Crippen LogP contribution in [-0.2, 0) is 33.8 Å². The predicted molar refractivity (Wildman–Crippen MR) is 151 cm³/mol. The number of aromatic nitrogens is 3. The fourth-order valence-corrected chi connectivity index (χ4v) is 5.93. The van der Waals surface area contributed by atoms with Gasteiger partial charge in [-0.25, -0.2) is 4.98 Å². The van der Waals surface area contributed by atoms with E-state index in [9.17, 15) is 9.90 Å². The Kier molecular flexibility index (Phi) is 7.90. The molecule has 41 heavy (non-hydrogen) atoms. The number of rotatable bonds is 10. The van der Waals surface area contributed by atoms with Crippen molar-refractivity contribution in [1.29, 1.82) is 0 Å². The summed E-state index contributed by atoms with van der Waals surface area (Å²) in [4.78, 5) is 19.5. The van der Waals surface area contributed by atoms with E-state index in [-0.39, 0.29) is 24.3 Å². The lowest BCUT2D eigenvalue weighted by Crippen LogP contribution is -2.44. The van der Waals surface area contributed by atoms with Crippen LogP contribution >= 0.6 is 0 Å². The normalized spacial score (nSPS) is 27.7. The molecule has 0 radical (unpaired) electrons. The summed E-state index contributed by atoms with van der Waals surface area (Å²) in [7, 11) is 1.74. The zero-order valence-corrected chi connectivity index (χ0v) is 23.6. The summed E-state index contributed by atoms with van der Waals surface area (Å²) in [5.41, 5.74) is 5.15. The van der Waals surface area contributed by atoms with E-state index in [1.807, 2.05) is 42.5 Å². The number of allylic oxidation sites excluding steroid dienone is 2. The highest BCUT2D eigenvalue weighted by Crippen LogP contribution is 2.35. The highest BCUT2D eigenvalue weighted by Gasteiger charge is 2.51. The highest BCUT2D eigenvalue weighted by atomic mass is 16.6. The van der Waals surface area contributed by atoms with E-state index in [4.69, 9.17) is 14.0 Å². The van der Waals surface area contributed by atoms with Crippen LogP contribution in [0, 0.1) is 12.8 Å². The van der Waals surface area contributed by atoms with E-state index in [0.29, 0.717) is 31.8 Å². The summed E-state index contributed by atoms with van der Waals surface area (Å²) in [5.74, 6) is 0.982. The van der Waals surface area contributed by atoms with Gasteiger partial charge < -0.3 is 29.0 Å². The van der Waals surface area contributed by atoms with Gasteiger partial charge in [-0.3, -0.25) is 9.69 Å².